The van der Waals surface area contributed by atoms with Crippen LogP contribution < -0.4 is 0 Å². The van der Waals surface area contributed by atoms with E-state index in [1.807, 2.05) is 7.05 Å². The Bertz CT molecular complexity index is 251. The molecular weight excluding hydrogens is 196 g/mol. The van der Waals surface area contributed by atoms with Crippen molar-refractivity contribution in [2.45, 2.75) is 25.3 Å². The van der Waals surface area contributed by atoms with Crippen LogP contribution >= 0.6 is 0 Å². The predicted molar refractivity (Wildman–Crippen MR) is 55.5 cm³/mol. The summed E-state index contributed by atoms with van der Waals surface area (Å²) in [6, 6.07) is 0.422. The summed E-state index contributed by atoms with van der Waals surface area (Å²) in [5, 5.41) is 8.48. The summed E-state index contributed by atoms with van der Waals surface area (Å²) in [4.78, 5) is 25.4. The largest absolute Gasteiger partial charge is 0.481 e. The molecule has 1 saturated carbocycles. The molecule has 1 rings (SSSR count). The topological polar surface area (TPSA) is 60.9 Å². The third kappa shape index (κ3) is 4.29. The van der Waals surface area contributed by atoms with E-state index in [1.165, 1.54) is 0 Å². The maximum Gasteiger partial charge on any atom is 0.304 e. The Kier molecular flexibility index (Phi) is 4.08. The van der Waals surface area contributed by atoms with Crippen molar-refractivity contribution in [3.63, 3.8) is 0 Å². The molecule has 0 aromatic heterocycles. The molecule has 1 aliphatic rings. The molecule has 0 aliphatic heterocycles. The first-order valence-corrected chi connectivity index (χ1v) is 5.16. The summed E-state index contributed by atoms with van der Waals surface area (Å²) in [6.45, 7) is 0.722. The SMILES string of the molecule is CN(CCC(=O)O)CC(=O)N(C)C1CC1. The lowest BCUT2D eigenvalue weighted by Crippen LogP contribution is -2.38. The third-order valence-corrected chi connectivity index (χ3v) is 2.60. The number of hydrogen-bond acceptors (Lipinski definition) is 3. The lowest BCUT2D eigenvalue weighted by atomic mass is 10.4. The van der Waals surface area contributed by atoms with Gasteiger partial charge in [-0.2, -0.15) is 0 Å². The number of carbonyl (C=O) groups excluding carboxylic acids is 1. The van der Waals surface area contributed by atoms with Gasteiger partial charge in [0.25, 0.3) is 0 Å². The second kappa shape index (κ2) is 5.11. The van der Waals surface area contributed by atoms with Crippen molar-refractivity contribution in [1.82, 2.24) is 9.80 Å². The Morgan fingerprint density at radius 1 is 1.33 bits per heavy atom. The van der Waals surface area contributed by atoms with Gasteiger partial charge in [-0.15, -0.1) is 0 Å². The van der Waals surface area contributed by atoms with Crippen molar-refractivity contribution in [2.75, 3.05) is 27.2 Å². The average molecular weight is 214 g/mol. The summed E-state index contributed by atoms with van der Waals surface area (Å²) in [5.41, 5.74) is 0. The number of rotatable bonds is 6. The molecule has 0 atom stereocenters. The highest BCUT2D eigenvalue weighted by Crippen LogP contribution is 2.25. The summed E-state index contributed by atoms with van der Waals surface area (Å²) in [6.07, 6.45) is 2.28. The van der Waals surface area contributed by atoms with E-state index >= 15 is 0 Å². The van der Waals surface area contributed by atoms with Crippen molar-refractivity contribution in [3.8, 4) is 0 Å². The predicted octanol–water partition coefficient (Wildman–Crippen LogP) is 0.0137. The van der Waals surface area contributed by atoms with Gasteiger partial charge in [-0.05, 0) is 19.9 Å². The minimum atomic E-state index is -0.829. The molecule has 15 heavy (non-hydrogen) atoms. The number of carbonyl (C=O) groups is 2. The van der Waals surface area contributed by atoms with E-state index in [4.69, 9.17) is 5.11 Å². The Labute approximate surface area is 89.7 Å². The van der Waals surface area contributed by atoms with Gasteiger partial charge < -0.3 is 10.0 Å². The lowest BCUT2D eigenvalue weighted by molar-refractivity contribution is -0.138. The highest BCUT2D eigenvalue weighted by atomic mass is 16.4. The van der Waals surface area contributed by atoms with Gasteiger partial charge in [-0.25, -0.2) is 0 Å². The second-order valence-electron chi connectivity index (χ2n) is 4.12. The number of nitrogens with zero attached hydrogens (tertiary/aromatic N) is 2. The molecule has 1 aliphatic carbocycles. The summed E-state index contributed by atoms with van der Waals surface area (Å²) in [5.74, 6) is -0.754. The first-order valence-electron chi connectivity index (χ1n) is 5.16. The molecule has 0 spiro atoms. The van der Waals surface area contributed by atoms with Crippen LogP contribution in [0.3, 0.4) is 0 Å². The van der Waals surface area contributed by atoms with Crippen LogP contribution in [-0.4, -0.2) is 60.0 Å². The van der Waals surface area contributed by atoms with Crippen molar-refractivity contribution in [1.29, 1.82) is 0 Å². The zero-order valence-electron chi connectivity index (χ0n) is 9.27. The van der Waals surface area contributed by atoms with Crippen LogP contribution in [0.15, 0.2) is 0 Å². The monoisotopic (exact) mass is 214 g/mol. The first kappa shape index (κ1) is 12.0. The van der Waals surface area contributed by atoms with E-state index in [9.17, 15) is 9.59 Å². The smallest absolute Gasteiger partial charge is 0.304 e. The fraction of sp³-hybridized carbons (Fsp3) is 0.800. The van der Waals surface area contributed by atoms with Gasteiger partial charge in [0.2, 0.25) is 5.91 Å². The first-order chi connectivity index (χ1) is 7.00. The maximum atomic E-state index is 11.6. The van der Waals surface area contributed by atoms with E-state index in [2.05, 4.69) is 0 Å². The number of carboxylic acid groups (broad SMARTS) is 1. The molecule has 0 heterocycles. The number of likely N-dealkylation sites (N-methyl/N-ethyl adjacent to an activating group) is 2. The fourth-order valence-electron chi connectivity index (χ4n) is 1.37. The van der Waals surface area contributed by atoms with Gasteiger partial charge in [0, 0.05) is 19.6 Å². The van der Waals surface area contributed by atoms with Crippen molar-refractivity contribution in [3.05, 3.63) is 0 Å². The van der Waals surface area contributed by atoms with E-state index in [0.29, 0.717) is 19.1 Å². The molecule has 0 radical (unpaired) electrons. The molecule has 86 valence electrons. The molecule has 1 amide bonds. The third-order valence-electron chi connectivity index (χ3n) is 2.60. The van der Waals surface area contributed by atoms with Gasteiger partial charge in [-0.3, -0.25) is 14.5 Å². The normalized spacial score (nSPS) is 15.4. The number of aliphatic carboxylic acids is 1. The molecule has 1 N–H and O–H groups in total. The van der Waals surface area contributed by atoms with Gasteiger partial charge in [-0.1, -0.05) is 0 Å². The summed E-state index contributed by atoms with van der Waals surface area (Å²) >= 11 is 0. The minimum absolute atomic E-state index is 0.0744. The van der Waals surface area contributed by atoms with Crippen LogP contribution in [0.2, 0.25) is 0 Å². The van der Waals surface area contributed by atoms with Crippen molar-refractivity contribution in [2.24, 2.45) is 0 Å². The van der Waals surface area contributed by atoms with Crippen LogP contribution in [-0.2, 0) is 9.59 Å². The standard InChI is InChI=1S/C10H18N2O3/c1-11(6-5-10(14)15)7-9(13)12(2)8-3-4-8/h8H,3-7H2,1-2H3,(H,14,15). The fourth-order valence-corrected chi connectivity index (χ4v) is 1.37. The summed E-state index contributed by atoms with van der Waals surface area (Å²) < 4.78 is 0. The molecule has 0 aromatic rings. The van der Waals surface area contributed by atoms with Crippen LogP contribution in [0.4, 0.5) is 0 Å². The Hall–Kier alpha value is -1.10. The van der Waals surface area contributed by atoms with Crippen molar-refractivity contribution < 1.29 is 14.7 Å². The van der Waals surface area contributed by atoms with Gasteiger partial charge in [0.15, 0.2) is 0 Å². The van der Waals surface area contributed by atoms with Crippen LogP contribution in [0.5, 0.6) is 0 Å². The van der Waals surface area contributed by atoms with Crippen LogP contribution in [0, 0.1) is 0 Å². The quantitative estimate of drug-likeness (QED) is 0.677. The molecule has 0 saturated heterocycles. The maximum absolute atomic E-state index is 11.6. The minimum Gasteiger partial charge on any atom is -0.481 e. The average Bonchev–Trinajstić information content (AvgIpc) is 2.96. The van der Waals surface area contributed by atoms with Gasteiger partial charge in [0.1, 0.15) is 0 Å². The lowest BCUT2D eigenvalue weighted by Gasteiger charge is -2.21. The zero-order valence-corrected chi connectivity index (χ0v) is 9.27. The highest BCUT2D eigenvalue weighted by molar-refractivity contribution is 5.78. The van der Waals surface area contributed by atoms with Gasteiger partial charge >= 0.3 is 5.97 Å². The van der Waals surface area contributed by atoms with Gasteiger partial charge in [0.05, 0.1) is 13.0 Å². The molecule has 0 bridgehead atoms. The zero-order chi connectivity index (χ0) is 11.4. The molecular formula is C10H18N2O3. The molecule has 0 aromatic carbocycles. The van der Waals surface area contributed by atoms with E-state index in [-0.39, 0.29) is 12.3 Å². The number of amides is 1. The molecule has 1 fully saturated rings. The second-order valence-corrected chi connectivity index (χ2v) is 4.12. The number of carboxylic acids is 1. The Morgan fingerprint density at radius 2 is 1.93 bits per heavy atom. The van der Waals surface area contributed by atoms with Crippen LogP contribution in [0.25, 0.3) is 0 Å². The van der Waals surface area contributed by atoms with E-state index in [0.717, 1.165) is 12.8 Å². The Balaban J connectivity index is 2.21. The van der Waals surface area contributed by atoms with Crippen LogP contribution in [0.1, 0.15) is 19.3 Å². The summed E-state index contributed by atoms with van der Waals surface area (Å²) in [7, 11) is 3.58. The van der Waals surface area contributed by atoms with Crippen molar-refractivity contribution >= 4 is 11.9 Å². The number of hydrogen-bond donors (Lipinski definition) is 1. The Morgan fingerprint density at radius 3 is 2.40 bits per heavy atom. The highest BCUT2D eigenvalue weighted by Gasteiger charge is 2.29. The molecule has 5 nitrogen and oxygen atoms in total. The molecule has 0 unspecified atom stereocenters. The molecule has 5 heteroatoms. The van der Waals surface area contributed by atoms with E-state index < -0.39 is 5.97 Å². The van der Waals surface area contributed by atoms with E-state index in [1.54, 1.807) is 16.8 Å².